The van der Waals surface area contributed by atoms with Crippen molar-refractivity contribution in [1.82, 2.24) is 10.2 Å². The van der Waals surface area contributed by atoms with Crippen LogP contribution in [0.1, 0.15) is 84.1 Å². The van der Waals surface area contributed by atoms with Gasteiger partial charge in [-0.2, -0.15) is 0 Å². The van der Waals surface area contributed by atoms with Gasteiger partial charge in [0.15, 0.2) is 11.6 Å². The second kappa shape index (κ2) is 14.0. The summed E-state index contributed by atoms with van der Waals surface area (Å²) < 4.78 is 33.0. The average Bonchev–Trinajstić information content (AvgIpc) is 3.13. The van der Waals surface area contributed by atoms with Gasteiger partial charge in [-0.15, -0.1) is 0 Å². The minimum absolute atomic E-state index is 0.0173. The maximum atomic E-state index is 14.1. The summed E-state index contributed by atoms with van der Waals surface area (Å²) in [6.07, 6.45) is 7.15. The number of hydrogen-bond acceptors (Lipinski definition) is 4. The molecule has 190 valence electrons. The van der Waals surface area contributed by atoms with Gasteiger partial charge in [0.05, 0.1) is 6.61 Å². The zero-order valence-electron chi connectivity index (χ0n) is 20.6. The number of hydrogen-bond donors (Lipinski definition) is 1. The molecule has 2 atom stereocenters. The lowest BCUT2D eigenvalue weighted by Crippen LogP contribution is -2.47. The molecule has 1 aromatic carbocycles. The first-order valence-corrected chi connectivity index (χ1v) is 12.4. The van der Waals surface area contributed by atoms with E-state index in [1.165, 1.54) is 36.3 Å². The first-order chi connectivity index (χ1) is 16.2. The number of carbonyl (C=O) groups excluding carboxylic acids is 3. The highest BCUT2D eigenvalue weighted by atomic mass is 19.2. The summed E-state index contributed by atoms with van der Waals surface area (Å²) in [5, 5.41) is 2.75. The van der Waals surface area contributed by atoms with Gasteiger partial charge in [0.1, 0.15) is 6.04 Å². The molecule has 0 aromatic heterocycles. The molecule has 8 heteroatoms. The zero-order valence-corrected chi connectivity index (χ0v) is 20.6. The van der Waals surface area contributed by atoms with Crippen LogP contribution < -0.4 is 5.32 Å². The third-order valence-electron chi connectivity index (χ3n) is 6.23. The van der Waals surface area contributed by atoms with Crippen molar-refractivity contribution in [2.45, 2.75) is 97.2 Å². The molecule has 1 aromatic rings. The summed E-state index contributed by atoms with van der Waals surface area (Å²) in [5.41, 5.74) is 0.0685. The van der Waals surface area contributed by atoms with E-state index in [0.717, 1.165) is 25.3 Å². The number of nitrogens with one attached hydrogen (secondary N) is 1. The van der Waals surface area contributed by atoms with Crippen LogP contribution in [0.25, 0.3) is 0 Å². The maximum Gasteiger partial charge on any atom is 0.328 e. The fourth-order valence-electron chi connectivity index (χ4n) is 4.17. The van der Waals surface area contributed by atoms with E-state index in [0.29, 0.717) is 13.0 Å². The van der Waals surface area contributed by atoms with Crippen molar-refractivity contribution >= 4 is 17.8 Å². The Bertz CT molecular complexity index is 831. The molecule has 0 aliphatic carbocycles. The second-order valence-corrected chi connectivity index (χ2v) is 9.36. The Kier molecular flexibility index (Phi) is 11.4. The van der Waals surface area contributed by atoms with Crippen LogP contribution in [-0.2, 0) is 25.7 Å². The Morgan fingerprint density at radius 3 is 2.56 bits per heavy atom. The van der Waals surface area contributed by atoms with Crippen LogP contribution in [0.2, 0.25) is 0 Å². The van der Waals surface area contributed by atoms with E-state index >= 15 is 0 Å². The van der Waals surface area contributed by atoms with Gasteiger partial charge >= 0.3 is 5.97 Å². The van der Waals surface area contributed by atoms with E-state index in [9.17, 15) is 23.2 Å². The minimum atomic E-state index is -0.988. The van der Waals surface area contributed by atoms with Gasteiger partial charge in [-0.3, -0.25) is 9.59 Å². The molecule has 1 saturated heterocycles. The topological polar surface area (TPSA) is 75.7 Å². The Morgan fingerprint density at radius 2 is 1.85 bits per heavy atom. The van der Waals surface area contributed by atoms with E-state index in [2.05, 4.69) is 12.2 Å². The number of unbranched alkanes of at least 4 members (excludes halogenated alkanes) is 5. The van der Waals surface area contributed by atoms with Crippen LogP contribution in [0.4, 0.5) is 8.78 Å². The number of carbonyl (C=O) groups is 3. The maximum absolute atomic E-state index is 14.1. The van der Waals surface area contributed by atoms with E-state index < -0.39 is 29.7 Å². The third kappa shape index (κ3) is 8.37. The normalized spacial score (nSPS) is 16.7. The second-order valence-electron chi connectivity index (χ2n) is 9.36. The molecule has 0 unspecified atom stereocenters. The van der Waals surface area contributed by atoms with Gasteiger partial charge in [-0.05, 0) is 24.8 Å². The molecule has 1 fully saturated rings. The first-order valence-electron chi connectivity index (χ1n) is 12.4. The van der Waals surface area contributed by atoms with Crippen LogP contribution in [0.3, 0.4) is 0 Å². The van der Waals surface area contributed by atoms with Crippen molar-refractivity contribution in [2.24, 2.45) is 5.92 Å². The molecule has 2 amide bonds. The largest absolute Gasteiger partial charge is 0.464 e. The smallest absolute Gasteiger partial charge is 0.328 e. The molecule has 6 nitrogen and oxygen atoms in total. The van der Waals surface area contributed by atoms with Crippen molar-refractivity contribution in [3.63, 3.8) is 0 Å². The Labute approximate surface area is 201 Å². The van der Waals surface area contributed by atoms with E-state index in [-0.39, 0.29) is 42.7 Å². The van der Waals surface area contributed by atoms with Crippen LogP contribution in [-0.4, -0.2) is 41.4 Å². The summed E-state index contributed by atoms with van der Waals surface area (Å²) in [6.45, 7) is 6.04. The number of esters is 1. The molecule has 34 heavy (non-hydrogen) atoms. The van der Waals surface area contributed by atoms with Gasteiger partial charge in [0.2, 0.25) is 11.8 Å². The van der Waals surface area contributed by atoms with E-state index in [4.69, 9.17) is 4.74 Å². The fourth-order valence-corrected chi connectivity index (χ4v) is 4.17. The molecule has 1 aliphatic heterocycles. The third-order valence-corrected chi connectivity index (χ3v) is 6.23. The summed E-state index contributed by atoms with van der Waals surface area (Å²) in [6, 6.07) is 2.61. The molecule has 0 bridgehead atoms. The van der Waals surface area contributed by atoms with E-state index in [1.54, 1.807) is 0 Å². The van der Waals surface area contributed by atoms with Crippen LogP contribution in [0, 0.1) is 17.6 Å². The van der Waals surface area contributed by atoms with Crippen molar-refractivity contribution in [3.8, 4) is 0 Å². The average molecular weight is 481 g/mol. The number of rotatable bonds is 14. The predicted octanol–water partition coefficient (Wildman–Crippen LogP) is 4.89. The predicted molar refractivity (Wildman–Crippen MR) is 126 cm³/mol. The van der Waals surface area contributed by atoms with Crippen molar-refractivity contribution < 1.29 is 27.9 Å². The lowest BCUT2D eigenvalue weighted by molar-refractivity contribution is -0.149. The van der Waals surface area contributed by atoms with Crippen molar-refractivity contribution in [2.75, 3.05) is 6.61 Å². The molecule has 0 spiro atoms. The lowest BCUT2D eigenvalue weighted by atomic mass is 10.0. The lowest BCUT2D eigenvalue weighted by Gasteiger charge is -2.26. The number of nitrogens with zero attached hydrogens (tertiary/aromatic N) is 1. The summed E-state index contributed by atoms with van der Waals surface area (Å²) in [7, 11) is 0. The summed E-state index contributed by atoms with van der Waals surface area (Å²) in [5.74, 6) is -3.17. The highest BCUT2D eigenvalue weighted by Gasteiger charge is 2.34. The van der Waals surface area contributed by atoms with Crippen LogP contribution in [0.15, 0.2) is 18.2 Å². The standard InChI is InChI=1S/C26H38F2N2O4/c1-4-5-6-7-8-9-15-34-26(33)25(18(2)3)29-22(31)16-20-13-14-23(32)30(20)17-19-11-10-12-21(27)24(19)28/h10-12,18,20,25H,4-9,13-17H2,1-3H3,(H,29,31)/t20-,25-/m0/s1. The van der Waals surface area contributed by atoms with Gasteiger partial charge in [-0.25, -0.2) is 13.6 Å². The first kappa shape index (κ1) is 27.7. The van der Waals surface area contributed by atoms with Crippen molar-refractivity contribution in [3.05, 3.63) is 35.4 Å². The number of halogens is 2. The highest BCUT2D eigenvalue weighted by molar-refractivity contribution is 5.86. The summed E-state index contributed by atoms with van der Waals surface area (Å²) in [4.78, 5) is 39.0. The SMILES string of the molecule is CCCCCCCCOC(=O)[C@@H](NC(=O)C[C@@H]1CCC(=O)N1Cc1cccc(F)c1F)C(C)C. The van der Waals surface area contributed by atoms with Gasteiger partial charge < -0.3 is 15.0 Å². The monoisotopic (exact) mass is 480 g/mol. The van der Waals surface area contributed by atoms with Crippen LogP contribution in [0.5, 0.6) is 0 Å². The molecule has 1 heterocycles. The Hall–Kier alpha value is -2.51. The van der Waals surface area contributed by atoms with Crippen LogP contribution >= 0.6 is 0 Å². The fraction of sp³-hybridized carbons (Fsp3) is 0.654. The number of ether oxygens (including phenoxy) is 1. The minimum Gasteiger partial charge on any atom is -0.464 e. The van der Waals surface area contributed by atoms with Gasteiger partial charge in [0.25, 0.3) is 0 Å². The zero-order chi connectivity index (χ0) is 25.1. The molecule has 0 saturated carbocycles. The van der Waals surface area contributed by atoms with Crippen molar-refractivity contribution in [1.29, 1.82) is 0 Å². The number of amides is 2. The number of likely N-dealkylation sites (tertiary alicyclic amines) is 1. The molecule has 0 radical (unpaired) electrons. The highest BCUT2D eigenvalue weighted by Crippen LogP contribution is 2.25. The quantitative estimate of drug-likeness (QED) is 0.304. The molecule has 2 rings (SSSR count). The molecule has 1 N–H and O–H groups in total. The van der Waals surface area contributed by atoms with Gasteiger partial charge in [-0.1, -0.05) is 65.0 Å². The van der Waals surface area contributed by atoms with E-state index in [1.807, 2.05) is 13.8 Å². The molecule has 1 aliphatic rings. The Balaban J connectivity index is 1.87. The summed E-state index contributed by atoms with van der Waals surface area (Å²) >= 11 is 0. The van der Waals surface area contributed by atoms with Gasteiger partial charge in [0, 0.05) is 31.0 Å². The molecular weight excluding hydrogens is 442 g/mol. The Morgan fingerprint density at radius 1 is 1.15 bits per heavy atom. The number of benzene rings is 1. The molecular formula is C26H38F2N2O4.